The first kappa shape index (κ1) is 28.9. The molecule has 13 heteroatoms. The van der Waals surface area contributed by atoms with Gasteiger partial charge in [0, 0.05) is 41.0 Å². The van der Waals surface area contributed by atoms with Gasteiger partial charge in [0.2, 0.25) is 0 Å². The number of hydrogen-bond donors (Lipinski definition) is 5. The molecule has 2 aromatic carbocycles. The van der Waals surface area contributed by atoms with Crippen LogP contribution < -0.4 is 25.3 Å². The number of esters is 2. The van der Waals surface area contributed by atoms with Gasteiger partial charge in [-0.3, -0.25) is 14.5 Å². The topological polar surface area (TPSA) is 173 Å². The summed E-state index contributed by atoms with van der Waals surface area (Å²) in [6.45, 7) is 4.61. The maximum Gasteiger partial charge on any atom is 0.323 e. The van der Waals surface area contributed by atoms with E-state index in [9.17, 15) is 24.9 Å². The molecule has 4 bridgehead atoms. The van der Waals surface area contributed by atoms with E-state index in [4.69, 9.17) is 24.7 Å². The van der Waals surface area contributed by atoms with Crippen LogP contribution in [-0.2, 0) is 20.7 Å². The Morgan fingerprint density at radius 1 is 1.12 bits per heavy atom. The first-order chi connectivity index (χ1) is 20.0. The molecule has 0 saturated carbocycles. The van der Waals surface area contributed by atoms with Crippen molar-refractivity contribution in [1.82, 2.24) is 10.2 Å². The van der Waals surface area contributed by atoms with E-state index in [-0.39, 0.29) is 35.4 Å². The lowest BCUT2D eigenvalue weighted by Gasteiger charge is -2.59. The van der Waals surface area contributed by atoms with Gasteiger partial charge in [-0.2, -0.15) is 0 Å². The Morgan fingerprint density at radius 3 is 2.48 bits per heavy atom. The molecule has 6 rings (SSSR count). The van der Waals surface area contributed by atoms with Crippen molar-refractivity contribution in [1.29, 1.82) is 0 Å². The number of nitrogens with two attached hydrogens (primary N) is 1. The van der Waals surface area contributed by atoms with Crippen LogP contribution >= 0.6 is 11.8 Å². The first-order valence-corrected chi connectivity index (χ1v) is 14.8. The first-order valence-electron chi connectivity index (χ1n) is 13.8. The molecule has 4 aliphatic rings. The summed E-state index contributed by atoms with van der Waals surface area (Å²) >= 11 is 1.34. The van der Waals surface area contributed by atoms with Crippen LogP contribution in [0.3, 0.4) is 0 Å². The van der Waals surface area contributed by atoms with Crippen LogP contribution in [0.2, 0.25) is 0 Å². The van der Waals surface area contributed by atoms with Crippen molar-refractivity contribution in [2.45, 2.75) is 68.9 Å². The number of hydrogen-bond acceptors (Lipinski definition) is 13. The Bertz CT molecular complexity index is 1480. The van der Waals surface area contributed by atoms with Gasteiger partial charge in [-0.15, -0.1) is 11.8 Å². The third-order valence-corrected chi connectivity index (χ3v) is 10.3. The number of nitrogens with one attached hydrogen (secondary N) is 1. The molecular weight excluding hydrogens is 566 g/mol. The van der Waals surface area contributed by atoms with Crippen molar-refractivity contribution < 1.29 is 43.9 Å². The number of methoxy groups -OCH3 is 2. The number of rotatable bonds is 3. The summed E-state index contributed by atoms with van der Waals surface area (Å²) in [6, 6.07) is -1.35. The number of carbonyl (C=O) groups excluding carboxylic acids is 2. The van der Waals surface area contributed by atoms with E-state index >= 15 is 0 Å². The van der Waals surface area contributed by atoms with Crippen LogP contribution in [0.4, 0.5) is 0 Å². The highest BCUT2D eigenvalue weighted by Gasteiger charge is 2.58. The van der Waals surface area contributed by atoms with E-state index in [2.05, 4.69) is 5.32 Å². The molecule has 2 saturated heterocycles. The van der Waals surface area contributed by atoms with E-state index in [0.717, 1.165) is 11.1 Å². The number of fused-ring (bicyclic) bond motifs is 7. The van der Waals surface area contributed by atoms with Crippen LogP contribution in [0.1, 0.15) is 57.6 Å². The molecule has 0 aliphatic carbocycles. The fourth-order valence-corrected chi connectivity index (χ4v) is 8.65. The molecule has 7 atom stereocenters. The maximum absolute atomic E-state index is 12.8. The summed E-state index contributed by atoms with van der Waals surface area (Å²) in [5.74, 6) is -0.486. The number of benzene rings is 2. The number of cyclic esters (lactones) is 1. The molecule has 0 radical (unpaired) electrons. The van der Waals surface area contributed by atoms with Crippen molar-refractivity contribution in [3.8, 4) is 28.7 Å². The van der Waals surface area contributed by atoms with E-state index in [1.165, 1.54) is 32.9 Å². The average Bonchev–Trinajstić information content (AvgIpc) is 2.94. The Labute approximate surface area is 247 Å². The smallest absolute Gasteiger partial charge is 0.323 e. The standard InChI is InChI=1S/C29H35N3O9S/c1-10-6-13-7-15-28(36)32-16-8-40-29(37)14(30)9-42-27(21(32)20(31-15)17(13)22(34)24(10)38-4)19-18(16)23(35)26(39-5)11(2)25(19)41-12(3)33/h6,14-16,20-21,27-28,31,34-36H,7-9,30H2,1-5H3/t14-,15-,16-,20+,21+,27+,28-/m0/s1. The summed E-state index contributed by atoms with van der Waals surface area (Å²) in [5.41, 5.74) is 9.80. The zero-order valence-corrected chi connectivity index (χ0v) is 24.8. The molecule has 0 unspecified atom stereocenters. The van der Waals surface area contributed by atoms with Gasteiger partial charge < -0.3 is 45.3 Å². The highest BCUT2D eigenvalue weighted by Crippen LogP contribution is 2.61. The average molecular weight is 602 g/mol. The van der Waals surface area contributed by atoms with Crippen LogP contribution in [0, 0.1) is 13.8 Å². The predicted octanol–water partition coefficient (Wildman–Crippen LogP) is 1.63. The Hall–Kier alpha value is -3.23. The Balaban J connectivity index is 1.67. The molecule has 4 heterocycles. The highest BCUT2D eigenvalue weighted by atomic mass is 32.2. The van der Waals surface area contributed by atoms with Gasteiger partial charge >= 0.3 is 11.9 Å². The lowest BCUT2D eigenvalue weighted by molar-refractivity contribution is -0.159. The largest absolute Gasteiger partial charge is 0.504 e. The molecule has 226 valence electrons. The number of piperazine rings is 1. The van der Waals surface area contributed by atoms with Crippen LogP contribution in [-0.4, -0.2) is 83.1 Å². The molecule has 12 nitrogen and oxygen atoms in total. The van der Waals surface area contributed by atoms with Crippen molar-refractivity contribution >= 4 is 23.7 Å². The maximum atomic E-state index is 12.8. The van der Waals surface area contributed by atoms with Gasteiger partial charge in [-0.05, 0) is 31.4 Å². The third-order valence-electron chi connectivity index (χ3n) is 8.83. The molecular formula is C29H35N3O9S. The number of phenolic OH excluding ortho intramolecular Hbond substituents is 2. The Morgan fingerprint density at radius 2 is 1.81 bits per heavy atom. The molecule has 0 spiro atoms. The van der Waals surface area contributed by atoms with Crippen molar-refractivity contribution in [3.05, 3.63) is 39.4 Å². The van der Waals surface area contributed by atoms with Gasteiger partial charge in [-0.25, -0.2) is 0 Å². The minimum absolute atomic E-state index is 0.00933. The second-order valence-corrected chi connectivity index (χ2v) is 12.4. The molecule has 2 aromatic rings. The van der Waals surface area contributed by atoms with Crippen molar-refractivity contribution in [2.24, 2.45) is 5.73 Å². The van der Waals surface area contributed by atoms with Crippen molar-refractivity contribution in [2.75, 3.05) is 26.6 Å². The van der Waals surface area contributed by atoms with E-state index in [0.29, 0.717) is 34.4 Å². The number of carbonyl (C=O) groups is 2. The van der Waals surface area contributed by atoms with E-state index in [1.54, 1.807) is 6.92 Å². The van der Waals surface area contributed by atoms with E-state index < -0.39 is 53.6 Å². The summed E-state index contributed by atoms with van der Waals surface area (Å²) in [4.78, 5) is 27.0. The Kier molecular flexibility index (Phi) is 7.21. The van der Waals surface area contributed by atoms with Gasteiger partial charge in [0.05, 0.1) is 37.6 Å². The molecule has 2 fully saturated rings. The molecule has 4 aliphatic heterocycles. The number of aryl methyl sites for hydroxylation is 1. The highest BCUT2D eigenvalue weighted by molar-refractivity contribution is 7.99. The van der Waals surface area contributed by atoms with E-state index in [1.807, 2.05) is 17.9 Å². The van der Waals surface area contributed by atoms with Crippen LogP contribution in [0.5, 0.6) is 28.7 Å². The molecule has 0 aromatic heterocycles. The summed E-state index contributed by atoms with van der Waals surface area (Å²) in [6.07, 6.45) is -0.653. The fourth-order valence-electron chi connectivity index (χ4n) is 7.20. The second kappa shape index (κ2) is 10.5. The SMILES string of the molecule is COc1c(C)cc2c(c1O)[C@H]1N[C@@H](C2)[C@H](O)N2[C@H]1[C@@H]1SC[C@H](N)C(=O)OC[C@H]2c2c(O)c(OC)c(C)c(OC(C)=O)c21. The number of phenols is 2. The molecule has 6 N–H and O–H groups in total. The zero-order valence-electron chi connectivity index (χ0n) is 24.0. The lowest BCUT2D eigenvalue weighted by Crippen LogP contribution is -2.69. The van der Waals surface area contributed by atoms with Gasteiger partial charge in [0.25, 0.3) is 0 Å². The summed E-state index contributed by atoms with van der Waals surface area (Å²) < 4.78 is 22.6. The van der Waals surface area contributed by atoms with Crippen molar-refractivity contribution in [3.63, 3.8) is 0 Å². The zero-order chi connectivity index (χ0) is 30.2. The fraction of sp³-hybridized carbons (Fsp3) is 0.517. The summed E-state index contributed by atoms with van der Waals surface area (Å²) in [7, 11) is 2.90. The minimum Gasteiger partial charge on any atom is -0.504 e. The normalized spacial score (nSPS) is 30.0. The lowest BCUT2D eigenvalue weighted by atomic mass is 9.74. The number of aromatic hydroxyl groups is 2. The summed E-state index contributed by atoms with van der Waals surface area (Å²) in [5, 5.41) is 38.0. The van der Waals surface area contributed by atoms with Gasteiger partial charge in [0.15, 0.2) is 23.0 Å². The quantitative estimate of drug-likeness (QED) is 0.254. The van der Waals surface area contributed by atoms with Crippen LogP contribution in [0.25, 0.3) is 0 Å². The van der Waals surface area contributed by atoms with Crippen LogP contribution in [0.15, 0.2) is 6.07 Å². The van der Waals surface area contributed by atoms with Gasteiger partial charge in [-0.1, -0.05) is 6.07 Å². The number of thioether (sulfide) groups is 1. The third kappa shape index (κ3) is 4.13. The number of aliphatic hydroxyl groups is 1. The number of nitrogens with zero attached hydrogens (tertiary/aromatic N) is 1. The number of ether oxygens (including phenoxy) is 4. The number of aliphatic hydroxyl groups excluding tert-OH is 1. The predicted molar refractivity (Wildman–Crippen MR) is 152 cm³/mol. The molecule has 0 amide bonds. The minimum atomic E-state index is -1.07. The second-order valence-electron chi connectivity index (χ2n) is 11.2. The monoisotopic (exact) mass is 601 g/mol. The molecule has 42 heavy (non-hydrogen) atoms. The van der Waals surface area contributed by atoms with Gasteiger partial charge in [0.1, 0.15) is 24.6 Å².